The van der Waals surface area contributed by atoms with Gasteiger partial charge in [-0.3, -0.25) is 0 Å². The minimum absolute atomic E-state index is 0.431. The molecule has 1 aromatic carbocycles. The molecule has 0 spiro atoms. The van der Waals surface area contributed by atoms with Crippen molar-refractivity contribution in [3.05, 3.63) is 60.0 Å². The van der Waals surface area contributed by atoms with Gasteiger partial charge in [-0.15, -0.1) is 11.3 Å². The molecule has 7 nitrogen and oxygen atoms in total. The zero-order chi connectivity index (χ0) is 20.2. The lowest BCUT2D eigenvalue weighted by atomic mass is 10.1. The fourth-order valence-corrected chi connectivity index (χ4v) is 4.58. The Balaban J connectivity index is 1.20. The van der Waals surface area contributed by atoms with Crippen LogP contribution < -0.4 is 10.6 Å². The van der Waals surface area contributed by atoms with E-state index < -0.39 is 0 Å². The molecule has 8 heteroatoms. The molecule has 30 heavy (non-hydrogen) atoms. The molecule has 1 fully saturated rings. The average Bonchev–Trinajstić information content (AvgIpc) is 3.53. The van der Waals surface area contributed by atoms with Gasteiger partial charge in [-0.05, 0) is 37.1 Å². The summed E-state index contributed by atoms with van der Waals surface area (Å²) in [5, 5.41) is 10.1. The summed E-state index contributed by atoms with van der Waals surface area (Å²) in [5.41, 5.74) is 2.14. The van der Waals surface area contributed by atoms with E-state index in [9.17, 15) is 0 Å². The van der Waals surface area contributed by atoms with Crippen molar-refractivity contribution >= 4 is 33.5 Å². The number of piperidine rings is 1. The number of benzene rings is 1. The van der Waals surface area contributed by atoms with Crippen LogP contribution in [0.3, 0.4) is 0 Å². The summed E-state index contributed by atoms with van der Waals surface area (Å²) in [6, 6.07) is 12.7. The van der Waals surface area contributed by atoms with Gasteiger partial charge in [0, 0.05) is 43.8 Å². The highest BCUT2D eigenvalue weighted by Crippen LogP contribution is 2.24. The van der Waals surface area contributed by atoms with E-state index in [1.807, 2.05) is 29.8 Å². The van der Waals surface area contributed by atoms with Gasteiger partial charge in [-0.25, -0.2) is 9.97 Å². The Morgan fingerprint density at radius 2 is 2.03 bits per heavy atom. The largest absolute Gasteiger partial charge is 0.467 e. The molecular weight excluding hydrogens is 396 g/mol. The Kier molecular flexibility index (Phi) is 5.67. The molecule has 156 valence electrons. The number of thiazole rings is 1. The third-order valence-corrected chi connectivity index (χ3v) is 6.34. The van der Waals surface area contributed by atoms with Gasteiger partial charge in [0.05, 0.1) is 23.8 Å². The maximum Gasteiger partial charge on any atom is 0.204 e. The van der Waals surface area contributed by atoms with E-state index >= 15 is 0 Å². The number of aromatic nitrogens is 3. The molecular formula is C22H26N6OS. The summed E-state index contributed by atoms with van der Waals surface area (Å²) in [6.45, 7) is 4.84. The van der Waals surface area contributed by atoms with Crippen molar-refractivity contribution in [3.8, 4) is 0 Å². The lowest BCUT2D eigenvalue weighted by Gasteiger charge is -2.32. The van der Waals surface area contributed by atoms with Crippen LogP contribution in [0.5, 0.6) is 0 Å². The summed E-state index contributed by atoms with van der Waals surface area (Å²) in [7, 11) is 0. The quantitative estimate of drug-likeness (QED) is 0.445. The highest BCUT2D eigenvalue weighted by atomic mass is 32.1. The summed E-state index contributed by atoms with van der Waals surface area (Å²) < 4.78 is 7.81. The van der Waals surface area contributed by atoms with Crippen molar-refractivity contribution in [2.75, 3.05) is 36.8 Å². The van der Waals surface area contributed by atoms with Crippen LogP contribution in [0.2, 0.25) is 0 Å². The highest BCUT2D eigenvalue weighted by Gasteiger charge is 2.21. The molecule has 0 bridgehead atoms. The summed E-state index contributed by atoms with van der Waals surface area (Å²) in [4.78, 5) is 11.7. The first-order valence-electron chi connectivity index (χ1n) is 10.4. The van der Waals surface area contributed by atoms with Crippen molar-refractivity contribution in [3.63, 3.8) is 0 Å². The van der Waals surface area contributed by atoms with Crippen molar-refractivity contribution in [1.29, 1.82) is 0 Å². The van der Waals surface area contributed by atoms with E-state index in [0.717, 1.165) is 66.9 Å². The second-order valence-corrected chi connectivity index (χ2v) is 8.51. The van der Waals surface area contributed by atoms with E-state index in [1.54, 1.807) is 17.6 Å². The maximum atomic E-state index is 5.59. The number of furan rings is 1. The van der Waals surface area contributed by atoms with Crippen LogP contribution in [-0.4, -0.2) is 51.7 Å². The van der Waals surface area contributed by atoms with E-state index in [0.29, 0.717) is 12.6 Å². The van der Waals surface area contributed by atoms with Gasteiger partial charge < -0.3 is 24.5 Å². The number of hydrogen-bond donors (Lipinski definition) is 2. The summed E-state index contributed by atoms with van der Waals surface area (Å²) in [5.74, 6) is 1.86. The standard InChI is InChI=1S/C22H26N6OS/c1-2-6-20-19(5-1)26-21(28(20)16-18-4-3-14-29-18)25-17-7-11-27(12-8-17)13-9-23-22-24-10-15-30-22/h1-6,10,14-15,17H,7-9,11-13,16H2,(H,23,24)(H,25,26). The Bertz CT molecular complexity index is 1050. The maximum absolute atomic E-state index is 5.59. The van der Waals surface area contributed by atoms with Crippen LogP contribution in [-0.2, 0) is 6.54 Å². The summed E-state index contributed by atoms with van der Waals surface area (Å²) >= 11 is 1.65. The van der Waals surface area contributed by atoms with Gasteiger partial charge in [0.25, 0.3) is 0 Å². The Morgan fingerprint density at radius 1 is 1.13 bits per heavy atom. The van der Waals surface area contributed by atoms with E-state index in [4.69, 9.17) is 9.40 Å². The number of rotatable bonds is 8. The second-order valence-electron chi connectivity index (χ2n) is 7.61. The fourth-order valence-electron chi connectivity index (χ4n) is 4.02. The minimum Gasteiger partial charge on any atom is -0.467 e. The molecule has 5 rings (SSSR count). The van der Waals surface area contributed by atoms with Crippen LogP contribution >= 0.6 is 11.3 Å². The van der Waals surface area contributed by atoms with Crippen molar-refractivity contribution in [1.82, 2.24) is 19.4 Å². The fraction of sp³-hybridized carbons (Fsp3) is 0.364. The monoisotopic (exact) mass is 422 g/mol. The number of hydrogen-bond acceptors (Lipinski definition) is 7. The van der Waals surface area contributed by atoms with Crippen molar-refractivity contribution in [2.24, 2.45) is 0 Å². The molecule has 0 unspecified atom stereocenters. The first-order valence-corrected chi connectivity index (χ1v) is 11.3. The third kappa shape index (κ3) is 4.34. The Morgan fingerprint density at radius 3 is 2.83 bits per heavy atom. The summed E-state index contributed by atoms with van der Waals surface area (Å²) in [6.07, 6.45) is 5.78. The van der Waals surface area contributed by atoms with Gasteiger partial charge in [0.2, 0.25) is 5.95 Å². The number of anilines is 2. The zero-order valence-electron chi connectivity index (χ0n) is 16.8. The normalized spacial score (nSPS) is 15.6. The van der Waals surface area contributed by atoms with E-state index in [2.05, 4.69) is 43.3 Å². The Hall–Kier alpha value is -2.84. The molecule has 4 aromatic rings. The first-order chi connectivity index (χ1) is 14.8. The molecule has 3 aromatic heterocycles. The molecule has 1 saturated heterocycles. The number of fused-ring (bicyclic) bond motifs is 1. The Labute approximate surface area is 179 Å². The molecule has 0 amide bonds. The van der Waals surface area contributed by atoms with Crippen LogP contribution in [0.4, 0.5) is 11.1 Å². The topological polar surface area (TPSA) is 71.2 Å². The smallest absolute Gasteiger partial charge is 0.204 e. The number of nitrogens with zero attached hydrogens (tertiary/aromatic N) is 4. The predicted molar refractivity (Wildman–Crippen MR) is 121 cm³/mol. The molecule has 0 atom stereocenters. The van der Waals surface area contributed by atoms with Crippen LogP contribution in [0, 0.1) is 0 Å². The SMILES string of the molecule is c1coc(Cn2c(NC3CCN(CCNc4nccs4)CC3)nc3ccccc32)c1. The lowest BCUT2D eigenvalue weighted by Crippen LogP contribution is -2.41. The first kappa shape index (κ1) is 19.1. The molecule has 0 aliphatic carbocycles. The van der Waals surface area contributed by atoms with Crippen LogP contribution in [0.25, 0.3) is 11.0 Å². The van der Waals surface area contributed by atoms with Crippen LogP contribution in [0.1, 0.15) is 18.6 Å². The molecule has 1 aliphatic rings. The van der Waals surface area contributed by atoms with Gasteiger partial charge >= 0.3 is 0 Å². The molecule has 0 radical (unpaired) electrons. The van der Waals surface area contributed by atoms with Gasteiger partial charge in [-0.2, -0.15) is 0 Å². The van der Waals surface area contributed by atoms with Crippen LogP contribution in [0.15, 0.2) is 58.7 Å². The minimum atomic E-state index is 0.431. The zero-order valence-corrected chi connectivity index (χ0v) is 17.6. The third-order valence-electron chi connectivity index (χ3n) is 5.61. The predicted octanol–water partition coefficient (Wildman–Crippen LogP) is 4.12. The second kappa shape index (κ2) is 8.89. The highest BCUT2D eigenvalue weighted by molar-refractivity contribution is 7.13. The molecule has 0 saturated carbocycles. The average molecular weight is 423 g/mol. The lowest BCUT2D eigenvalue weighted by molar-refractivity contribution is 0.226. The molecule has 4 heterocycles. The number of nitrogens with one attached hydrogen (secondary N) is 2. The van der Waals surface area contributed by atoms with Crippen molar-refractivity contribution in [2.45, 2.75) is 25.4 Å². The number of para-hydroxylation sites is 2. The van der Waals surface area contributed by atoms with Crippen molar-refractivity contribution < 1.29 is 4.42 Å². The van der Waals surface area contributed by atoms with Gasteiger partial charge in [-0.1, -0.05) is 12.1 Å². The number of likely N-dealkylation sites (tertiary alicyclic amines) is 1. The molecule has 1 aliphatic heterocycles. The molecule has 2 N–H and O–H groups in total. The number of imidazole rings is 1. The van der Waals surface area contributed by atoms with Gasteiger partial charge in [0.1, 0.15) is 5.76 Å². The van der Waals surface area contributed by atoms with E-state index in [1.165, 1.54) is 0 Å². The van der Waals surface area contributed by atoms with Gasteiger partial charge in [0.15, 0.2) is 5.13 Å². The van der Waals surface area contributed by atoms with E-state index in [-0.39, 0.29) is 0 Å².